The minimum Gasteiger partial charge on any atom is -0.481 e. The smallest absolute Gasteiger partial charge is 0.149 e. The van der Waals surface area contributed by atoms with Crippen molar-refractivity contribution in [1.82, 2.24) is 0 Å². The molecule has 0 aliphatic rings. The second-order valence-electron chi connectivity index (χ2n) is 3.97. The van der Waals surface area contributed by atoms with Gasteiger partial charge in [-0.15, -0.1) is 0 Å². The lowest BCUT2D eigenvalue weighted by Crippen LogP contribution is -1.96. The summed E-state index contributed by atoms with van der Waals surface area (Å²) in [6.07, 6.45) is 0. The molecule has 2 rings (SSSR count). The molecule has 2 N–H and O–H groups in total. The Labute approximate surface area is 107 Å². The molecule has 0 saturated carbocycles. The number of hydrogen-bond donors (Lipinski definition) is 1. The van der Waals surface area contributed by atoms with Crippen LogP contribution in [0.15, 0.2) is 48.5 Å². The molecule has 0 saturated heterocycles. The van der Waals surface area contributed by atoms with E-state index in [1.165, 1.54) is 0 Å². The minimum absolute atomic E-state index is 0.359. The Balaban J connectivity index is 1.93. The van der Waals surface area contributed by atoms with Crippen LogP contribution in [0.5, 0.6) is 5.75 Å². The quantitative estimate of drug-likeness (QED) is 0.643. The number of nitrogens with two attached hydrogens (primary N) is 1. The highest BCUT2D eigenvalue weighted by Gasteiger charge is 1.96. The van der Waals surface area contributed by atoms with Crippen molar-refractivity contribution in [1.29, 1.82) is 0 Å². The van der Waals surface area contributed by atoms with Gasteiger partial charge in [0.25, 0.3) is 0 Å². The SMILES string of the molecule is Cc1ccc(OCC#Cc2ccccc2)cc1N. The van der Waals surface area contributed by atoms with Crippen LogP contribution in [-0.2, 0) is 0 Å². The van der Waals surface area contributed by atoms with Gasteiger partial charge < -0.3 is 10.5 Å². The maximum absolute atomic E-state index is 5.80. The van der Waals surface area contributed by atoms with Crippen LogP contribution in [0.1, 0.15) is 11.1 Å². The number of nitrogen functional groups attached to an aromatic ring is 1. The molecule has 2 aromatic carbocycles. The van der Waals surface area contributed by atoms with Gasteiger partial charge in [-0.25, -0.2) is 0 Å². The van der Waals surface area contributed by atoms with E-state index in [1.54, 1.807) is 0 Å². The third-order valence-electron chi connectivity index (χ3n) is 2.57. The van der Waals surface area contributed by atoms with Gasteiger partial charge in [0.2, 0.25) is 0 Å². The molecular formula is C16H15NO. The largest absolute Gasteiger partial charge is 0.481 e. The molecule has 0 aromatic heterocycles. The average molecular weight is 237 g/mol. The molecule has 2 nitrogen and oxygen atoms in total. The highest BCUT2D eigenvalue weighted by Crippen LogP contribution is 2.18. The van der Waals surface area contributed by atoms with Crippen molar-refractivity contribution in [3.8, 4) is 17.6 Å². The highest BCUT2D eigenvalue weighted by molar-refractivity contribution is 5.50. The van der Waals surface area contributed by atoms with E-state index in [4.69, 9.17) is 10.5 Å². The first-order valence-corrected chi connectivity index (χ1v) is 5.78. The van der Waals surface area contributed by atoms with Gasteiger partial charge in [0.15, 0.2) is 0 Å². The first-order chi connectivity index (χ1) is 8.75. The molecule has 0 aliphatic carbocycles. The Morgan fingerprint density at radius 1 is 1.11 bits per heavy atom. The third kappa shape index (κ3) is 3.29. The van der Waals surface area contributed by atoms with Gasteiger partial charge >= 0.3 is 0 Å². The summed E-state index contributed by atoms with van der Waals surface area (Å²) in [5.41, 5.74) is 8.58. The van der Waals surface area contributed by atoms with Gasteiger partial charge in [0.05, 0.1) is 0 Å². The van der Waals surface area contributed by atoms with Crippen molar-refractivity contribution in [3.05, 3.63) is 59.7 Å². The Bertz CT molecular complexity index is 579. The van der Waals surface area contributed by atoms with E-state index in [0.29, 0.717) is 6.61 Å². The molecule has 2 heteroatoms. The standard InChI is InChI=1S/C16H15NO/c1-13-9-10-15(12-16(13)17)18-11-5-8-14-6-3-2-4-7-14/h2-4,6-7,9-10,12H,11,17H2,1H3. The van der Waals surface area contributed by atoms with Crippen molar-refractivity contribution in [2.45, 2.75) is 6.92 Å². The minimum atomic E-state index is 0.359. The molecule has 0 bridgehead atoms. The van der Waals surface area contributed by atoms with Gasteiger partial charge in [-0.2, -0.15) is 0 Å². The number of hydrogen-bond acceptors (Lipinski definition) is 2. The normalized spacial score (nSPS) is 9.39. The molecule has 0 atom stereocenters. The van der Waals surface area contributed by atoms with Crippen LogP contribution in [0.3, 0.4) is 0 Å². The second kappa shape index (κ2) is 5.79. The Hall–Kier alpha value is -2.40. The molecule has 0 fully saturated rings. The molecule has 0 heterocycles. The Morgan fingerprint density at radius 2 is 1.89 bits per heavy atom. The molecule has 18 heavy (non-hydrogen) atoms. The maximum atomic E-state index is 5.80. The second-order valence-corrected chi connectivity index (χ2v) is 3.97. The summed E-state index contributed by atoms with van der Waals surface area (Å²) in [5.74, 6) is 6.76. The first-order valence-electron chi connectivity index (χ1n) is 5.78. The summed E-state index contributed by atoms with van der Waals surface area (Å²) in [6, 6.07) is 15.5. The lowest BCUT2D eigenvalue weighted by molar-refractivity contribution is 0.370. The summed E-state index contributed by atoms with van der Waals surface area (Å²) in [4.78, 5) is 0. The fraction of sp³-hybridized carbons (Fsp3) is 0.125. The number of ether oxygens (including phenoxy) is 1. The average Bonchev–Trinajstić information content (AvgIpc) is 2.40. The number of anilines is 1. The highest BCUT2D eigenvalue weighted by atomic mass is 16.5. The molecule has 0 amide bonds. The van der Waals surface area contributed by atoms with Crippen LogP contribution in [0, 0.1) is 18.8 Å². The van der Waals surface area contributed by atoms with E-state index in [-0.39, 0.29) is 0 Å². The van der Waals surface area contributed by atoms with Crippen molar-refractivity contribution in [2.24, 2.45) is 0 Å². The lowest BCUT2D eigenvalue weighted by atomic mass is 10.2. The first kappa shape index (κ1) is 12.1. The number of rotatable bonds is 2. The molecule has 2 aromatic rings. The van der Waals surface area contributed by atoms with Gasteiger partial charge in [-0.3, -0.25) is 0 Å². The molecule has 0 unspecified atom stereocenters. The Kier molecular flexibility index (Phi) is 3.88. The molecule has 0 radical (unpaired) electrons. The maximum Gasteiger partial charge on any atom is 0.149 e. The van der Waals surface area contributed by atoms with E-state index in [1.807, 2.05) is 55.5 Å². The van der Waals surface area contributed by atoms with Gasteiger partial charge in [0, 0.05) is 17.3 Å². The monoisotopic (exact) mass is 237 g/mol. The summed E-state index contributed by atoms with van der Waals surface area (Å²) >= 11 is 0. The third-order valence-corrected chi connectivity index (χ3v) is 2.57. The molecular weight excluding hydrogens is 222 g/mol. The summed E-state index contributed by atoms with van der Waals surface area (Å²) in [5, 5.41) is 0. The van der Waals surface area contributed by atoms with Crippen LogP contribution in [-0.4, -0.2) is 6.61 Å². The van der Waals surface area contributed by atoms with Gasteiger partial charge in [-0.05, 0) is 30.7 Å². The van der Waals surface area contributed by atoms with Crippen LogP contribution in [0.25, 0.3) is 0 Å². The van der Waals surface area contributed by atoms with Crippen LogP contribution in [0.4, 0.5) is 5.69 Å². The van der Waals surface area contributed by atoms with Crippen molar-refractivity contribution < 1.29 is 4.74 Å². The fourth-order valence-corrected chi connectivity index (χ4v) is 1.49. The predicted molar refractivity (Wildman–Crippen MR) is 74.4 cm³/mol. The summed E-state index contributed by atoms with van der Waals surface area (Å²) < 4.78 is 5.51. The van der Waals surface area contributed by atoms with E-state index >= 15 is 0 Å². The van der Waals surface area contributed by atoms with E-state index in [0.717, 1.165) is 22.6 Å². The van der Waals surface area contributed by atoms with Crippen molar-refractivity contribution in [2.75, 3.05) is 12.3 Å². The Morgan fingerprint density at radius 3 is 2.61 bits per heavy atom. The predicted octanol–water partition coefficient (Wildman–Crippen LogP) is 3.01. The summed E-state index contributed by atoms with van der Waals surface area (Å²) in [7, 11) is 0. The molecule has 0 spiro atoms. The summed E-state index contributed by atoms with van der Waals surface area (Å²) in [6.45, 7) is 2.33. The lowest BCUT2D eigenvalue weighted by Gasteiger charge is -2.04. The topological polar surface area (TPSA) is 35.2 Å². The zero-order valence-electron chi connectivity index (χ0n) is 10.3. The van der Waals surface area contributed by atoms with Gasteiger partial charge in [-0.1, -0.05) is 36.1 Å². The zero-order valence-corrected chi connectivity index (χ0v) is 10.3. The van der Waals surface area contributed by atoms with Gasteiger partial charge in [0.1, 0.15) is 12.4 Å². The van der Waals surface area contributed by atoms with Crippen LogP contribution >= 0.6 is 0 Å². The molecule has 0 aliphatic heterocycles. The van der Waals surface area contributed by atoms with Crippen LogP contribution < -0.4 is 10.5 Å². The number of benzene rings is 2. The van der Waals surface area contributed by atoms with E-state index in [2.05, 4.69) is 11.8 Å². The number of aryl methyl sites for hydroxylation is 1. The van der Waals surface area contributed by atoms with Crippen molar-refractivity contribution >= 4 is 5.69 Å². The fourth-order valence-electron chi connectivity index (χ4n) is 1.49. The van der Waals surface area contributed by atoms with Crippen molar-refractivity contribution in [3.63, 3.8) is 0 Å². The van der Waals surface area contributed by atoms with E-state index in [9.17, 15) is 0 Å². The van der Waals surface area contributed by atoms with E-state index < -0.39 is 0 Å². The van der Waals surface area contributed by atoms with Crippen LogP contribution in [0.2, 0.25) is 0 Å². The zero-order chi connectivity index (χ0) is 12.8. The molecule has 90 valence electrons.